The minimum Gasteiger partial charge on any atom is -0.497 e. The number of nitrogens with one attached hydrogen (secondary N) is 1. The second-order valence-corrected chi connectivity index (χ2v) is 6.46. The van der Waals surface area contributed by atoms with Crippen LogP contribution >= 0.6 is 11.6 Å². The molecule has 0 aliphatic rings. The number of benzene rings is 2. The van der Waals surface area contributed by atoms with Gasteiger partial charge in [0.05, 0.1) is 12.8 Å². The second kappa shape index (κ2) is 6.34. The normalized spacial score (nSPS) is 11.3. The lowest BCUT2D eigenvalue weighted by atomic mass is 10.2. The molecule has 0 aromatic heterocycles. The van der Waals surface area contributed by atoms with E-state index in [-0.39, 0.29) is 17.1 Å². The van der Waals surface area contributed by atoms with E-state index >= 15 is 0 Å². The van der Waals surface area contributed by atoms with Crippen LogP contribution in [0.4, 0.5) is 5.69 Å². The van der Waals surface area contributed by atoms with E-state index in [9.17, 15) is 8.42 Å². The molecule has 0 saturated carbocycles. The van der Waals surface area contributed by atoms with Gasteiger partial charge in [-0.2, -0.15) is 0 Å². The number of nitrogen functional groups attached to an aromatic ring is 1. The van der Waals surface area contributed by atoms with Crippen LogP contribution in [-0.4, -0.2) is 15.5 Å². The summed E-state index contributed by atoms with van der Waals surface area (Å²) in [5.74, 6) is 0.498. The van der Waals surface area contributed by atoms with E-state index in [0.717, 1.165) is 0 Å². The maximum atomic E-state index is 12.3. The number of methoxy groups -OCH3 is 1. The smallest absolute Gasteiger partial charge is 0.242 e. The van der Waals surface area contributed by atoms with E-state index in [2.05, 4.69) is 4.72 Å². The fourth-order valence-corrected chi connectivity index (χ4v) is 3.11. The molecule has 21 heavy (non-hydrogen) atoms. The number of hydrogen-bond acceptors (Lipinski definition) is 4. The van der Waals surface area contributed by atoms with Crippen molar-refractivity contribution in [1.82, 2.24) is 4.72 Å². The molecule has 0 radical (unpaired) electrons. The number of nitrogens with two attached hydrogens (primary N) is 1. The van der Waals surface area contributed by atoms with Gasteiger partial charge >= 0.3 is 0 Å². The summed E-state index contributed by atoms with van der Waals surface area (Å²) in [5, 5.41) is 0.503. The van der Waals surface area contributed by atoms with E-state index in [0.29, 0.717) is 16.3 Å². The first-order valence-electron chi connectivity index (χ1n) is 6.10. The molecule has 5 nitrogen and oxygen atoms in total. The van der Waals surface area contributed by atoms with E-state index in [4.69, 9.17) is 22.1 Å². The molecule has 112 valence electrons. The first-order chi connectivity index (χ1) is 9.94. The van der Waals surface area contributed by atoms with Gasteiger partial charge in [-0.25, -0.2) is 13.1 Å². The van der Waals surface area contributed by atoms with Crippen LogP contribution in [0.2, 0.25) is 5.02 Å². The number of hydrogen-bond donors (Lipinski definition) is 2. The molecule has 2 aromatic carbocycles. The fraction of sp³-hybridized carbons (Fsp3) is 0.143. The van der Waals surface area contributed by atoms with E-state index < -0.39 is 10.0 Å². The lowest BCUT2D eigenvalue weighted by molar-refractivity contribution is 0.414. The van der Waals surface area contributed by atoms with E-state index in [1.165, 1.54) is 19.2 Å². The van der Waals surface area contributed by atoms with Crippen LogP contribution in [0.15, 0.2) is 47.4 Å². The lowest BCUT2D eigenvalue weighted by Gasteiger charge is -2.11. The SMILES string of the molecule is COc1ccc(S(=O)(=O)NCc2ccccc2Cl)c(N)c1. The Morgan fingerprint density at radius 1 is 1.24 bits per heavy atom. The molecule has 0 amide bonds. The molecule has 0 atom stereocenters. The molecule has 0 fully saturated rings. The van der Waals surface area contributed by atoms with Crippen molar-refractivity contribution in [2.45, 2.75) is 11.4 Å². The summed E-state index contributed by atoms with van der Waals surface area (Å²) in [7, 11) is -2.24. The van der Waals surface area contributed by atoms with Gasteiger partial charge in [-0.1, -0.05) is 29.8 Å². The highest BCUT2D eigenvalue weighted by molar-refractivity contribution is 7.89. The molecule has 3 N–H and O–H groups in total. The van der Waals surface area contributed by atoms with Crippen molar-refractivity contribution in [3.05, 3.63) is 53.1 Å². The van der Waals surface area contributed by atoms with Gasteiger partial charge in [-0.3, -0.25) is 0 Å². The number of rotatable bonds is 5. The Morgan fingerprint density at radius 3 is 2.57 bits per heavy atom. The minimum absolute atomic E-state index is 0.00959. The third kappa shape index (κ3) is 3.66. The predicted molar refractivity (Wildman–Crippen MR) is 82.9 cm³/mol. The monoisotopic (exact) mass is 326 g/mol. The zero-order valence-corrected chi connectivity index (χ0v) is 12.9. The number of sulfonamides is 1. The van der Waals surface area contributed by atoms with Gasteiger partial charge in [0.1, 0.15) is 10.6 Å². The molecule has 0 unspecified atom stereocenters. The Bertz CT molecular complexity index is 748. The molecule has 0 bridgehead atoms. The minimum atomic E-state index is -3.72. The van der Waals surface area contributed by atoms with Crippen LogP contribution in [0.1, 0.15) is 5.56 Å². The fourth-order valence-electron chi connectivity index (χ4n) is 1.79. The van der Waals surface area contributed by atoms with Crippen LogP contribution in [-0.2, 0) is 16.6 Å². The number of halogens is 1. The maximum absolute atomic E-state index is 12.3. The highest BCUT2D eigenvalue weighted by Gasteiger charge is 2.18. The Balaban J connectivity index is 2.21. The molecular weight excluding hydrogens is 312 g/mol. The van der Waals surface area contributed by atoms with Gasteiger partial charge < -0.3 is 10.5 Å². The molecule has 0 aliphatic carbocycles. The summed E-state index contributed by atoms with van der Waals surface area (Å²) in [6.07, 6.45) is 0. The van der Waals surface area contributed by atoms with Crippen molar-refractivity contribution >= 4 is 27.3 Å². The summed E-state index contributed by atoms with van der Waals surface area (Å²) in [5.41, 5.74) is 6.57. The van der Waals surface area contributed by atoms with Crippen molar-refractivity contribution in [3.8, 4) is 5.75 Å². The molecule has 0 aliphatic heterocycles. The zero-order valence-electron chi connectivity index (χ0n) is 11.3. The largest absolute Gasteiger partial charge is 0.497 e. The number of ether oxygens (including phenoxy) is 1. The van der Waals surface area contributed by atoms with Gasteiger partial charge in [0.25, 0.3) is 0 Å². The average molecular weight is 327 g/mol. The molecule has 2 rings (SSSR count). The summed E-state index contributed by atoms with van der Waals surface area (Å²) < 4.78 is 32.0. The van der Waals surface area contributed by atoms with Crippen molar-refractivity contribution in [3.63, 3.8) is 0 Å². The maximum Gasteiger partial charge on any atom is 0.242 e. The molecule has 2 aromatic rings. The van der Waals surface area contributed by atoms with Crippen LogP contribution in [0.25, 0.3) is 0 Å². The summed E-state index contributed by atoms with van der Waals surface area (Å²) in [4.78, 5) is 0.00959. The molecule has 0 heterocycles. The van der Waals surface area contributed by atoms with Crippen LogP contribution < -0.4 is 15.2 Å². The molecule has 7 heteroatoms. The van der Waals surface area contributed by atoms with E-state index in [1.807, 2.05) is 0 Å². The van der Waals surface area contributed by atoms with Crippen molar-refractivity contribution in [2.24, 2.45) is 0 Å². The zero-order chi connectivity index (χ0) is 15.5. The van der Waals surface area contributed by atoms with Gasteiger partial charge in [-0.15, -0.1) is 0 Å². The van der Waals surface area contributed by atoms with E-state index in [1.54, 1.807) is 30.3 Å². The Morgan fingerprint density at radius 2 is 1.95 bits per heavy atom. The number of anilines is 1. The van der Waals surface area contributed by atoms with Crippen LogP contribution in [0.5, 0.6) is 5.75 Å². The first kappa shape index (κ1) is 15.6. The first-order valence-corrected chi connectivity index (χ1v) is 7.97. The van der Waals surface area contributed by atoms with Crippen LogP contribution in [0.3, 0.4) is 0 Å². The predicted octanol–water partition coefficient (Wildman–Crippen LogP) is 2.41. The van der Waals surface area contributed by atoms with Crippen LogP contribution in [0, 0.1) is 0 Å². The Labute approximate surface area is 128 Å². The molecule has 0 spiro atoms. The lowest BCUT2D eigenvalue weighted by Crippen LogP contribution is -2.24. The van der Waals surface area contributed by atoms with Gasteiger partial charge in [0, 0.05) is 17.6 Å². The summed E-state index contributed by atoms with van der Waals surface area (Å²) in [6, 6.07) is 11.4. The highest BCUT2D eigenvalue weighted by atomic mass is 35.5. The van der Waals surface area contributed by atoms with Crippen molar-refractivity contribution < 1.29 is 13.2 Å². The van der Waals surface area contributed by atoms with Gasteiger partial charge in [-0.05, 0) is 23.8 Å². The average Bonchev–Trinajstić information content (AvgIpc) is 2.46. The van der Waals surface area contributed by atoms with Crippen molar-refractivity contribution in [2.75, 3.05) is 12.8 Å². The highest BCUT2D eigenvalue weighted by Crippen LogP contribution is 2.24. The van der Waals surface area contributed by atoms with Crippen molar-refractivity contribution in [1.29, 1.82) is 0 Å². The topological polar surface area (TPSA) is 81.4 Å². The third-order valence-corrected chi connectivity index (χ3v) is 4.76. The third-order valence-electron chi connectivity index (χ3n) is 2.92. The molecule has 0 saturated heterocycles. The summed E-state index contributed by atoms with van der Waals surface area (Å²) in [6.45, 7) is 0.0907. The van der Waals surface area contributed by atoms with Gasteiger partial charge in [0.15, 0.2) is 0 Å². The second-order valence-electron chi connectivity index (χ2n) is 4.32. The standard InChI is InChI=1S/C14H15ClN2O3S/c1-20-11-6-7-14(13(16)8-11)21(18,19)17-9-10-4-2-3-5-12(10)15/h2-8,17H,9,16H2,1H3. The summed E-state index contributed by atoms with van der Waals surface area (Å²) >= 11 is 5.99. The Kier molecular flexibility index (Phi) is 4.72. The Hall–Kier alpha value is -1.76. The van der Waals surface area contributed by atoms with Gasteiger partial charge in [0.2, 0.25) is 10.0 Å². The quantitative estimate of drug-likeness (QED) is 0.827. The molecular formula is C14H15ClN2O3S.